The number of carbonyl (C=O) groups is 1. The molecule has 0 saturated heterocycles. The van der Waals surface area contributed by atoms with E-state index in [4.69, 9.17) is 9.60 Å². The van der Waals surface area contributed by atoms with Crippen LogP contribution in [-0.2, 0) is 23.7 Å². The molecule has 3 nitrogen and oxygen atoms in total. The summed E-state index contributed by atoms with van der Waals surface area (Å²) in [6, 6.07) is 1.31. The van der Waals surface area contributed by atoms with Crippen molar-refractivity contribution in [1.82, 2.24) is 9.88 Å². The molecule has 182 valence electrons. The second-order valence-corrected chi connectivity index (χ2v) is 10.4. The number of rotatable bonds is 5. The Morgan fingerprint density at radius 1 is 1.33 bits per heavy atom. The molecule has 0 unspecified atom stereocenters. The number of aromatic nitrogens is 1. The summed E-state index contributed by atoms with van der Waals surface area (Å²) in [6.45, 7) is -3.62. The van der Waals surface area contributed by atoms with E-state index in [0.717, 1.165) is 45.2 Å². The summed E-state index contributed by atoms with van der Waals surface area (Å²) in [7, 11) is 0. The summed E-state index contributed by atoms with van der Waals surface area (Å²) in [5.74, 6) is -6.47. The van der Waals surface area contributed by atoms with Gasteiger partial charge in [0.2, 0.25) is 5.91 Å². The minimum atomic E-state index is -3.25. The number of nitrogens with zero attached hydrogens (tertiary/aromatic N) is 2. The number of hydrogen-bond acceptors (Lipinski definition) is 2. The molecule has 4 rings (SSSR count). The molecule has 0 bridgehead atoms. The smallest absolute Gasteiger partial charge is 0.272 e. The molecule has 0 spiro atoms. The van der Waals surface area contributed by atoms with Crippen LogP contribution in [0.25, 0.3) is 0 Å². The Bertz CT molecular complexity index is 1120. The molecule has 2 heterocycles. The van der Waals surface area contributed by atoms with Crippen molar-refractivity contribution >= 4 is 5.91 Å². The fourth-order valence-electron chi connectivity index (χ4n) is 6.06. The van der Waals surface area contributed by atoms with Crippen LogP contribution in [0.15, 0.2) is 23.9 Å². The number of fused-ring (bicyclic) bond motifs is 1. The van der Waals surface area contributed by atoms with Crippen LogP contribution < -0.4 is 0 Å². The van der Waals surface area contributed by atoms with Gasteiger partial charge in [-0.15, -0.1) is 0 Å². The maximum absolute atomic E-state index is 14.4. The van der Waals surface area contributed by atoms with Gasteiger partial charge in [-0.25, -0.2) is 8.78 Å². The molecular formula is C28H40F2N2O. The molecule has 2 atom stereocenters. The predicted molar refractivity (Wildman–Crippen MR) is 128 cm³/mol. The number of hydrogen-bond donors (Lipinski definition) is 0. The van der Waals surface area contributed by atoms with Gasteiger partial charge in [0.25, 0.3) is 5.92 Å². The molecule has 33 heavy (non-hydrogen) atoms. The molecule has 2 saturated carbocycles. The van der Waals surface area contributed by atoms with Gasteiger partial charge in [0, 0.05) is 53.5 Å². The molecule has 0 N–H and O–H groups in total. The maximum atomic E-state index is 14.4. The van der Waals surface area contributed by atoms with Crippen molar-refractivity contribution in [3.05, 3.63) is 40.7 Å². The molecule has 1 amide bonds. The Labute approximate surface area is 207 Å². The van der Waals surface area contributed by atoms with E-state index < -0.39 is 36.8 Å². The fourth-order valence-corrected chi connectivity index (χ4v) is 6.06. The molecule has 0 radical (unpaired) electrons. The monoisotopic (exact) mass is 465 g/mol. The zero-order valence-corrected chi connectivity index (χ0v) is 19.7. The van der Waals surface area contributed by atoms with Gasteiger partial charge in [0.1, 0.15) is 0 Å². The van der Waals surface area contributed by atoms with Crippen molar-refractivity contribution < 1.29 is 23.2 Å². The Morgan fingerprint density at radius 3 is 2.76 bits per heavy atom. The standard InChI is InChI=1S/C28H40F2N2O/c1-5-20-6-8-21(9-7-20)14-22-10-12-28(16-22,19(2)3)26(33)32-13-11-25-23(18-32)15-24(17-31-25)27(4,29)30/h5,15,17,19,21-22H,6-14,16,18H2,1-4H3/t21?,22-,28-/m0/s1/i2D3,3D3,19D. The fraction of sp³-hybridized carbons (Fsp3) is 0.714. The quantitative estimate of drug-likeness (QED) is 0.437. The summed E-state index contributed by atoms with van der Waals surface area (Å²) in [6.07, 6.45) is 8.83. The van der Waals surface area contributed by atoms with Gasteiger partial charge < -0.3 is 4.90 Å². The van der Waals surface area contributed by atoms with E-state index in [1.165, 1.54) is 16.5 Å². The predicted octanol–water partition coefficient (Wildman–Crippen LogP) is 7.05. The van der Waals surface area contributed by atoms with Crippen LogP contribution >= 0.6 is 0 Å². The van der Waals surface area contributed by atoms with E-state index in [-0.39, 0.29) is 43.8 Å². The number of allylic oxidation sites excluding steroid dienone is 2. The topological polar surface area (TPSA) is 33.2 Å². The second-order valence-electron chi connectivity index (χ2n) is 10.4. The number of alkyl halides is 2. The van der Waals surface area contributed by atoms with Crippen LogP contribution in [0, 0.1) is 23.1 Å². The molecule has 1 aromatic rings. The Kier molecular flexibility index (Phi) is 4.81. The first kappa shape index (κ1) is 16.8. The van der Waals surface area contributed by atoms with Gasteiger partial charge in [0.05, 0.1) is 5.41 Å². The minimum absolute atomic E-state index is 0.00170. The lowest BCUT2D eigenvalue weighted by Crippen LogP contribution is -2.47. The van der Waals surface area contributed by atoms with Gasteiger partial charge in [0.15, 0.2) is 0 Å². The van der Waals surface area contributed by atoms with Crippen LogP contribution in [0.2, 0.25) is 0 Å². The first-order valence-corrected chi connectivity index (χ1v) is 12.2. The van der Waals surface area contributed by atoms with Gasteiger partial charge in [-0.05, 0) is 87.6 Å². The zero-order chi connectivity index (χ0) is 29.7. The van der Waals surface area contributed by atoms with E-state index in [1.807, 2.05) is 6.92 Å². The summed E-state index contributed by atoms with van der Waals surface area (Å²) in [5.41, 5.74) is 0.199. The normalized spacial score (nSPS) is 32.4. The molecule has 5 heteroatoms. The highest BCUT2D eigenvalue weighted by molar-refractivity contribution is 5.83. The van der Waals surface area contributed by atoms with Gasteiger partial charge in [-0.3, -0.25) is 9.78 Å². The largest absolute Gasteiger partial charge is 0.337 e. The second kappa shape index (κ2) is 9.46. The Balaban J connectivity index is 1.68. The number of halogens is 2. The highest BCUT2D eigenvalue weighted by Crippen LogP contribution is 2.51. The van der Waals surface area contributed by atoms with Crippen molar-refractivity contribution in [3.8, 4) is 0 Å². The third kappa shape index (κ3) is 5.02. The first-order chi connectivity index (χ1) is 18.4. The number of pyridine rings is 1. The summed E-state index contributed by atoms with van der Waals surface area (Å²) in [4.78, 5) is 20.0. The number of carbonyl (C=O) groups excluding carboxylic acids is 1. The molecule has 3 aliphatic rings. The average Bonchev–Trinajstić information content (AvgIpc) is 3.30. The lowest BCUT2D eigenvalue weighted by molar-refractivity contribution is -0.146. The lowest BCUT2D eigenvalue weighted by atomic mass is 9.72. The third-order valence-corrected chi connectivity index (χ3v) is 8.16. The highest BCUT2D eigenvalue weighted by Gasteiger charge is 2.49. The van der Waals surface area contributed by atoms with E-state index in [0.29, 0.717) is 23.6 Å². The molecular weight excluding hydrogens is 418 g/mol. The molecule has 1 aromatic heterocycles. The van der Waals surface area contributed by atoms with Crippen LogP contribution in [0.1, 0.15) is 105 Å². The molecule has 1 aliphatic heterocycles. The average molecular weight is 466 g/mol. The summed E-state index contributed by atoms with van der Waals surface area (Å²) < 4.78 is 86.5. The van der Waals surface area contributed by atoms with Crippen molar-refractivity contribution in [3.63, 3.8) is 0 Å². The highest BCUT2D eigenvalue weighted by atomic mass is 19.3. The van der Waals surface area contributed by atoms with Crippen molar-refractivity contribution in [2.24, 2.45) is 23.1 Å². The Hall–Kier alpha value is -1.78. The Morgan fingerprint density at radius 2 is 2.09 bits per heavy atom. The lowest BCUT2D eigenvalue weighted by Gasteiger charge is -2.40. The minimum Gasteiger partial charge on any atom is -0.337 e. The van der Waals surface area contributed by atoms with Gasteiger partial charge in [-0.2, -0.15) is 0 Å². The molecule has 2 fully saturated rings. The molecule has 2 aliphatic carbocycles. The number of amides is 1. The van der Waals surface area contributed by atoms with E-state index in [1.54, 1.807) is 0 Å². The van der Waals surface area contributed by atoms with Crippen molar-refractivity contribution in [1.29, 1.82) is 0 Å². The van der Waals surface area contributed by atoms with Crippen LogP contribution in [0.4, 0.5) is 8.78 Å². The third-order valence-electron chi connectivity index (χ3n) is 8.16. The SMILES string of the molecule is [2H]C([2H])([2H])C([2H])(C([2H])([2H])[2H])[C@]1(C(=O)N2CCc3ncc(C(C)(F)F)cc3C2)CC[C@@H](CC2CCC(=CC)CC2)C1. The summed E-state index contributed by atoms with van der Waals surface area (Å²) >= 11 is 0. The van der Waals surface area contributed by atoms with E-state index >= 15 is 0 Å². The molecule has 0 aromatic carbocycles. The van der Waals surface area contributed by atoms with E-state index in [2.05, 4.69) is 11.1 Å². The van der Waals surface area contributed by atoms with Crippen molar-refractivity contribution in [2.75, 3.05) is 6.54 Å². The summed E-state index contributed by atoms with van der Waals surface area (Å²) in [5, 5.41) is 0. The van der Waals surface area contributed by atoms with Crippen LogP contribution in [0.5, 0.6) is 0 Å². The van der Waals surface area contributed by atoms with Gasteiger partial charge in [-0.1, -0.05) is 25.4 Å². The zero-order valence-electron chi connectivity index (χ0n) is 26.7. The first-order valence-electron chi connectivity index (χ1n) is 15.7. The van der Waals surface area contributed by atoms with Crippen LogP contribution in [-0.4, -0.2) is 22.3 Å². The van der Waals surface area contributed by atoms with Crippen molar-refractivity contribution in [2.45, 2.75) is 97.8 Å². The maximum Gasteiger partial charge on any atom is 0.272 e. The van der Waals surface area contributed by atoms with E-state index in [9.17, 15) is 13.6 Å². The van der Waals surface area contributed by atoms with Crippen LogP contribution in [0.3, 0.4) is 0 Å². The van der Waals surface area contributed by atoms with Gasteiger partial charge >= 0.3 is 0 Å².